The summed E-state index contributed by atoms with van der Waals surface area (Å²) >= 11 is 0. The van der Waals surface area contributed by atoms with Gasteiger partial charge in [-0.1, -0.05) is 12.1 Å². The Balaban J connectivity index is 2.27. The molecule has 0 fully saturated rings. The number of fused-ring (bicyclic) bond motifs is 1. The van der Waals surface area contributed by atoms with Crippen LogP contribution in [0, 0.1) is 17.0 Å². The number of methoxy groups -OCH3 is 1. The summed E-state index contributed by atoms with van der Waals surface area (Å²) in [6.45, 7) is 1.64. The molecule has 0 atom stereocenters. The molecule has 1 aromatic heterocycles. The lowest BCUT2D eigenvalue weighted by molar-refractivity contribution is -0.385. The molecule has 0 radical (unpaired) electrons. The first-order valence-electron chi connectivity index (χ1n) is 7.38. The highest BCUT2D eigenvalue weighted by atomic mass is 16.6. The summed E-state index contributed by atoms with van der Waals surface area (Å²) in [5.41, 5.74) is 1.82. The Morgan fingerprint density at radius 1 is 1.20 bits per heavy atom. The largest absolute Gasteiger partial charge is 0.497 e. The Kier molecular flexibility index (Phi) is 4.06. The van der Waals surface area contributed by atoms with Gasteiger partial charge in [-0.05, 0) is 25.1 Å². The Morgan fingerprint density at radius 2 is 1.96 bits per heavy atom. The van der Waals surface area contributed by atoms with Crippen molar-refractivity contribution in [3.8, 4) is 17.0 Å². The number of hydrogen-bond donors (Lipinski definition) is 1. The van der Waals surface area contributed by atoms with E-state index in [9.17, 15) is 20.0 Å². The first kappa shape index (κ1) is 16.4. The van der Waals surface area contributed by atoms with Gasteiger partial charge in [0.1, 0.15) is 5.75 Å². The number of nitro groups is 1. The van der Waals surface area contributed by atoms with E-state index in [1.165, 1.54) is 19.2 Å². The zero-order valence-corrected chi connectivity index (χ0v) is 13.5. The molecule has 0 aliphatic heterocycles. The van der Waals surface area contributed by atoms with Gasteiger partial charge in [0.05, 0.1) is 28.8 Å². The number of nitrogens with zero attached hydrogens (tertiary/aromatic N) is 2. The van der Waals surface area contributed by atoms with Gasteiger partial charge in [-0.3, -0.25) is 10.1 Å². The predicted molar refractivity (Wildman–Crippen MR) is 92.1 cm³/mol. The summed E-state index contributed by atoms with van der Waals surface area (Å²) in [7, 11) is 1.51. The minimum Gasteiger partial charge on any atom is -0.497 e. The third-order valence-electron chi connectivity index (χ3n) is 3.95. The van der Waals surface area contributed by atoms with Crippen molar-refractivity contribution in [2.75, 3.05) is 7.11 Å². The molecule has 7 nitrogen and oxygen atoms in total. The van der Waals surface area contributed by atoms with Crippen LogP contribution >= 0.6 is 0 Å². The average molecular weight is 338 g/mol. The molecule has 0 amide bonds. The van der Waals surface area contributed by atoms with E-state index in [-0.39, 0.29) is 11.3 Å². The third-order valence-corrected chi connectivity index (χ3v) is 3.95. The van der Waals surface area contributed by atoms with Crippen LogP contribution in [-0.4, -0.2) is 28.1 Å². The van der Waals surface area contributed by atoms with Crippen LogP contribution in [0.3, 0.4) is 0 Å². The second-order valence-corrected chi connectivity index (χ2v) is 5.50. The van der Waals surface area contributed by atoms with Gasteiger partial charge in [-0.2, -0.15) is 0 Å². The quantitative estimate of drug-likeness (QED) is 0.573. The molecule has 1 heterocycles. The maximum atomic E-state index is 11.6. The van der Waals surface area contributed by atoms with E-state index in [1.54, 1.807) is 37.3 Å². The Labute approximate surface area is 142 Å². The molecule has 3 aromatic rings. The van der Waals surface area contributed by atoms with E-state index in [4.69, 9.17) is 4.74 Å². The number of aryl methyl sites for hydroxylation is 1. The van der Waals surface area contributed by atoms with Crippen molar-refractivity contribution in [1.82, 2.24) is 4.98 Å². The molecule has 0 spiro atoms. The molecule has 25 heavy (non-hydrogen) atoms. The van der Waals surface area contributed by atoms with E-state index >= 15 is 0 Å². The molecule has 0 saturated carbocycles. The second-order valence-electron chi connectivity index (χ2n) is 5.50. The maximum absolute atomic E-state index is 11.6. The molecule has 7 heteroatoms. The molecule has 0 unspecified atom stereocenters. The predicted octanol–water partition coefficient (Wildman–Crippen LogP) is 3.83. The van der Waals surface area contributed by atoms with Crippen LogP contribution in [-0.2, 0) is 0 Å². The van der Waals surface area contributed by atoms with Crippen molar-refractivity contribution in [2.24, 2.45) is 0 Å². The Hall–Kier alpha value is -3.48. The first-order chi connectivity index (χ1) is 11.9. The van der Waals surface area contributed by atoms with Gasteiger partial charge in [-0.15, -0.1) is 0 Å². The number of carboxylic acid groups (broad SMARTS) is 1. The summed E-state index contributed by atoms with van der Waals surface area (Å²) in [4.78, 5) is 26.8. The highest BCUT2D eigenvalue weighted by Crippen LogP contribution is 2.30. The maximum Gasteiger partial charge on any atom is 0.336 e. The molecular formula is C18H14N2O5. The molecule has 1 N–H and O–H groups in total. The van der Waals surface area contributed by atoms with E-state index in [0.717, 1.165) is 0 Å². The minimum absolute atomic E-state index is 0.0399. The lowest BCUT2D eigenvalue weighted by Crippen LogP contribution is -2.01. The number of carboxylic acids is 1. The van der Waals surface area contributed by atoms with E-state index in [0.29, 0.717) is 33.5 Å². The standard InChI is InChI=1S/C18H14N2O5/c1-10-3-4-11(7-17(10)20(23)24)15-9-14(18(21)22)13-6-5-12(25-2)8-16(13)19-15/h3-9H,1-2H3,(H,21,22). The number of carbonyl (C=O) groups is 1. The first-order valence-corrected chi connectivity index (χ1v) is 7.38. The summed E-state index contributed by atoms with van der Waals surface area (Å²) in [6.07, 6.45) is 0. The fraction of sp³-hybridized carbons (Fsp3) is 0.111. The lowest BCUT2D eigenvalue weighted by atomic mass is 10.0. The van der Waals surface area contributed by atoms with Gasteiger partial charge in [-0.25, -0.2) is 9.78 Å². The molecule has 2 aromatic carbocycles. The second kappa shape index (κ2) is 6.20. The zero-order valence-electron chi connectivity index (χ0n) is 13.5. The van der Waals surface area contributed by atoms with Gasteiger partial charge in [0.2, 0.25) is 0 Å². The number of nitro benzene ring substituents is 1. The molecular weight excluding hydrogens is 324 g/mol. The van der Waals surface area contributed by atoms with Crippen molar-refractivity contribution in [2.45, 2.75) is 6.92 Å². The minimum atomic E-state index is -1.10. The van der Waals surface area contributed by atoms with Crippen LogP contribution in [0.4, 0.5) is 5.69 Å². The van der Waals surface area contributed by atoms with Crippen molar-refractivity contribution < 1.29 is 19.6 Å². The van der Waals surface area contributed by atoms with E-state index in [1.807, 2.05) is 0 Å². The molecule has 0 aliphatic carbocycles. The normalized spacial score (nSPS) is 10.6. The van der Waals surface area contributed by atoms with E-state index < -0.39 is 10.9 Å². The number of rotatable bonds is 4. The van der Waals surface area contributed by atoms with Crippen LogP contribution in [0.1, 0.15) is 15.9 Å². The highest BCUT2D eigenvalue weighted by Gasteiger charge is 2.16. The van der Waals surface area contributed by atoms with Crippen molar-refractivity contribution >= 4 is 22.6 Å². The Bertz CT molecular complexity index is 1010. The number of pyridine rings is 1. The molecule has 0 aliphatic rings. The molecule has 0 bridgehead atoms. The number of ether oxygens (including phenoxy) is 1. The lowest BCUT2D eigenvalue weighted by Gasteiger charge is -2.09. The van der Waals surface area contributed by atoms with Gasteiger partial charge >= 0.3 is 5.97 Å². The smallest absolute Gasteiger partial charge is 0.336 e. The van der Waals surface area contributed by atoms with Crippen molar-refractivity contribution in [3.63, 3.8) is 0 Å². The number of hydrogen-bond acceptors (Lipinski definition) is 5. The van der Waals surface area contributed by atoms with Gasteiger partial charge in [0.15, 0.2) is 0 Å². The molecule has 126 valence electrons. The van der Waals surface area contributed by atoms with Crippen LogP contribution in [0.25, 0.3) is 22.2 Å². The van der Waals surface area contributed by atoms with E-state index in [2.05, 4.69) is 4.98 Å². The Morgan fingerprint density at radius 3 is 2.60 bits per heavy atom. The number of aromatic nitrogens is 1. The fourth-order valence-corrected chi connectivity index (χ4v) is 2.63. The average Bonchev–Trinajstić information content (AvgIpc) is 2.60. The SMILES string of the molecule is COc1ccc2c(C(=O)O)cc(-c3ccc(C)c([N+](=O)[O-])c3)nc2c1. The summed E-state index contributed by atoms with van der Waals surface area (Å²) in [5, 5.41) is 21.1. The van der Waals surface area contributed by atoms with Gasteiger partial charge in [0, 0.05) is 28.6 Å². The fourth-order valence-electron chi connectivity index (χ4n) is 2.63. The van der Waals surface area contributed by atoms with Crippen LogP contribution in [0.5, 0.6) is 5.75 Å². The van der Waals surface area contributed by atoms with Crippen LogP contribution in [0.2, 0.25) is 0 Å². The van der Waals surface area contributed by atoms with Crippen molar-refractivity contribution in [3.05, 3.63) is 63.7 Å². The molecule has 0 saturated heterocycles. The third kappa shape index (κ3) is 2.99. The highest BCUT2D eigenvalue weighted by molar-refractivity contribution is 6.04. The summed E-state index contributed by atoms with van der Waals surface area (Å²) in [5.74, 6) is -0.552. The van der Waals surface area contributed by atoms with Crippen molar-refractivity contribution in [1.29, 1.82) is 0 Å². The summed E-state index contributed by atoms with van der Waals surface area (Å²) < 4.78 is 5.16. The van der Waals surface area contributed by atoms with Crippen LogP contribution < -0.4 is 4.74 Å². The number of benzene rings is 2. The zero-order chi connectivity index (χ0) is 18.1. The monoisotopic (exact) mass is 338 g/mol. The van der Waals surface area contributed by atoms with Gasteiger partial charge < -0.3 is 9.84 Å². The van der Waals surface area contributed by atoms with Crippen LogP contribution in [0.15, 0.2) is 42.5 Å². The topological polar surface area (TPSA) is 103 Å². The number of aromatic carboxylic acids is 1. The van der Waals surface area contributed by atoms with Gasteiger partial charge in [0.25, 0.3) is 5.69 Å². The summed E-state index contributed by atoms with van der Waals surface area (Å²) in [6, 6.07) is 11.0. The molecule has 3 rings (SSSR count).